The molecule has 0 aromatic heterocycles. The predicted molar refractivity (Wildman–Crippen MR) is 122 cm³/mol. The first-order valence-corrected chi connectivity index (χ1v) is 11.2. The Hall–Kier alpha value is -3.79. The number of hydrogen-bond acceptors (Lipinski definition) is 6. The zero-order chi connectivity index (χ0) is 24.0. The lowest BCUT2D eigenvalue weighted by atomic mass is 10.2. The number of carbonyl (C=O) groups is 1. The number of aryl methyl sites for hydroxylation is 1. The van der Waals surface area contributed by atoms with E-state index in [0.717, 1.165) is 12.1 Å². The van der Waals surface area contributed by atoms with Crippen LogP contribution < -0.4 is 24.2 Å². The number of halogens is 1. The van der Waals surface area contributed by atoms with Crippen LogP contribution in [0.3, 0.4) is 0 Å². The number of carbonyl (C=O) groups excluding carboxylic acids is 1. The molecule has 3 aromatic rings. The summed E-state index contributed by atoms with van der Waals surface area (Å²) < 4.78 is 56.6. The van der Waals surface area contributed by atoms with Crippen LogP contribution in [0.25, 0.3) is 0 Å². The van der Waals surface area contributed by atoms with Crippen LogP contribution in [-0.4, -0.2) is 35.2 Å². The van der Waals surface area contributed by atoms with Crippen LogP contribution in [0.15, 0.2) is 65.6 Å². The summed E-state index contributed by atoms with van der Waals surface area (Å²) in [5.41, 5.74) is 1.18. The SMILES string of the molecule is COc1ccc(OC)c(NC(=O)COc2ccc(S(=O)(=O)Nc3ccc(F)cc3)cc2C)c1. The molecule has 0 fully saturated rings. The zero-order valence-corrected chi connectivity index (χ0v) is 19.0. The molecule has 2 N–H and O–H groups in total. The third-order valence-electron chi connectivity index (χ3n) is 4.59. The highest BCUT2D eigenvalue weighted by atomic mass is 32.2. The number of nitrogens with one attached hydrogen (secondary N) is 2. The van der Waals surface area contributed by atoms with E-state index in [0.29, 0.717) is 28.5 Å². The molecule has 0 atom stereocenters. The van der Waals surface area contributed by atoms with Crippen molar-refractivity contribution in [3.8, 4) is 17.2 Å². The molecule has 0 saturated heterocycles. The number of sulfonamides is 1. The highest BCUT2D eigenvalue weighted by Crippen LogP contribution is 2.29. The maximum absolute atomic E-state index is 13.0. The van der Waals surface area contributed by atoms with Crippen molar-refractivity contribution in [1.29, 1.82) is 0 Å². The third-order valence-corrected chi connectivity index (χ3v) is 5.97. The van der Waals surface area contributed by atoms with Gasteiger partial charge < -0.3 is 19.5 Å². The lowest BCUT2D eigenvalue weighted by molar-refractivity contribution is -0.118. The van der Waals surface area contributed by atoms with Gasteiger partial charge in [-0.1, -0.05) is 0 Å². The molecule has 174 valence electrons. The van der Waals surface area contributed by atoms with E-state index in [-0.39, 0.29) is 17.2 Å². The van der Waals surface area contributed by atoms with Gasteiger partial charge >= 0.3 is 0 Å². The highest BCUT2D eigenvalue weighted by molar-refractivity contribution is 7.92. The number of amides is 1. The predicted octanol–water partition coefficient (Wildman–Crippen LogP) is 3.97. The fourth-order valence-corrected chi connectivity index (χ4v) is 4.07. The summed E-state index contributed by atoms with van der Waals surface area (Å²) in [6.07, 6.45) is 0. The van der Waals surface area contributed by atoms with Crippen LogP contribution >= 0.6 is 0 Å². The highest BCUT2D eigenvalue weighted by Gasteiger charge is 2.17. The van der Waals surface area contributed by atoms with Gasteiger partial charge in [0.05, 0.1) is 24.8 Å². The quantitative estimate of drug-likeness (QED) is 0.487. The van der Waals surface area contributed by atoms with Gasteiger partial charge in [-0.05, 0) is 67.1 Å². The fourth-order valence-electron chi connectivity index (χ4n) is 2.92. The minimum Gasteiger partial charge on any atom is -0.497 e. The second kappa shape index (κ2) is 10.2. The minimum atomic E-state index is -3.88. The largest absolute Gasteiger partial charge is 0.497 e. The molecule has 0 saturated carbocycles. The van der Waals surface area contributed by atoms with Crippen molar-refractivity contribution in [1.82, 2.24) is 0 Å². The Morgan fingerprint density at radius 3 is 2.27 bits per heavy atom. The number of hydrogen-bond donors (Lipinski definition) is 2. The first kappa shape index (κ1) is 23.9. The molecule has 3 aromatic carbocycles. The number of benzene rings is 3. The summed E-state index contributed by atoms with van der Waals surface area (Å²) in [6.45, 7) is 1.36. The van der Waals surface area contributed by atoms with Crippen LogP contribution in [0.5, 0.6) is 17.2 Å². The van der Waals surface area contributed by atoms with E-state index >= 15 is 0 Å². The molecule has 0 radical (unpaired) electrons. The average Bonchev–Trinajstić information content (AvgIpc) is 2.79. The van der Waals surface area contributed by atoms with Gasteiger partial charge in [0.2, 0.25) is 0 Å². The van der Waals surface area contributed by atoms with E-state index < -0.39 is 21.7 Å². The van der Waals surface area contributed by atoms with Crippen molar-refractivity contribution in [3.63, 3.8) is 0 Å². The van der Waals surface area contributed by atoms with Gasteiger partial charge in [-0.15, -0.1) is 0 Å². The number of rotatable bonds is 9. The van der Waals surface area contributed by atoms with Crippen molar-refractivity contribution in [3.05, 3.63) is 72.0 Å². The van der Waals surface area contributed by atoms with Gasteiger partial charge in [0.1, 0.15) is 23.1 Å². The van der Waals surface area contributed by atoms with Crippen LogP contribution in [0, 0.1) is 12.7 Å². The van der Waals surface area contributed by atoms with E-state index in [4.69, 9.17) is 14.2 Å². The minimum absolute atomic E-state index is 0.00208. The molecule has 10 heteroatoms. The summed E-state index contributed by atoms with van der Waals surface area (Å²) in [5.74, 6) is 0.459. The second-order valence-electron chi connectivity index (χ2n) is 6.94. The maximum Gasteiger partial charge on any atom is 0.262 e. The van der Waals surface area contributed by atoms with Crippen molar-refractivity contribution in [2.24, 2.45) is 0 Å². The van der Waals surface area contributed by atoms with E-state index in [1.165, 1.54) is 44.6 Å². The average molecular weight is 475 g/mol. The summed E-state index contributed by atoms with van der Waals surface area (Å²) in [4.78, 5) is 12.4. The Morgan fingerprint density at radius 2 is 1.64 bits per heavy atom. The van der Waals surface area contributed by atoms with Gasteiger partial charge in [-0.3, -0.25) is 9.52 Å². The molecule has 0 bridgehead atoms. The Labute approximate surface area is 191 Å². The number of ether oxygens (including phenoxy) is 3. The fraction of sp³-hybridized carbons (Fsp3) is 0.174. The van der Waals surface area contributed by atoms with Crippen molar-refractivity contribution < 1.29 is 31.8 Å². The summed E-state index contributed by atoms with van der Waals surface area (Å²) in [6, 6.07) is 14.2. The Balaban J connectivity index is 1.66. The molecule has 0 unspecified atom stereocenters. The van der Waals surface area contributed by atoms with Gasteiger partial charge in [-0.2, -0.15) is 0 Å². The molecular formula is C23H23FN2O6S. The molecule has 0 heterocycles. The molecule has 0 aliphatic carbocycles. The van der Waals surface area contributed by atoms with Gasteiger partial charge in [0, 0.05) is 11.8 Å². The number of anilines is 2. The molecule has 0 spiro atoms. The van der Waals surface area contributed by atoms with Crippen LogP contribution in [-0.2, 0) is 14.8 Å². The first-order chi connectivity index (χ1) is 15.7. The molecule has 0 aliphatic rings. The van der Waals surface area contributed by atoms with Gasteiger partial charge in [0.15, 0.2) is 6.61 Å². The maximum atomic E-state index is 13.0. The Morgan fingerprint density at radius 1 is 0.939 bits per heavy atom. The van der Waals surface area contributed by atoms with Crippen molar-refractivity contribution in [2.75, 3.05) is 30.9 Å². The first-order valence-electron chi connectivity index (χ1n) is 9.75. The molecule has 1 amide bonds. The van der Waals surface area contributed by atoms with Crippen LogP contribution in [0.1, 0.15) is 5.56 Å². The van der Waals surface area contributed by atoms with E-state index in [9.17, 15) is 17.6 Å². The molecule has 8 nitrogen and oxygen atoms in total. The monoisotopic (exact) mass is 474 g/mol. The second-order valence-corrected chi connectivity index (χ2v) is 8.63. The van der Waals surface area contributed by atoms with Gasteiger partial charge in [0.25, 0.3) is 15.9 Å². The standard InChI is InChI=1S/C23H23FN2O6S/c1-15-12-19(33(28,29)26-17-6-4-16(24)5-7-17)9-11-21(15)32-14-23(27)25-20-13-18(30-2)8-10-22(20)31-3/h4-13,26H,14H2,1-3H3,(H,25,27). The van der Waals surface area contributed by atoms with Crippen LogP contribution in [0.4, 0.5) is 15.8 Å². The third kappa shape index (κ3) is 6.13. The normalized spacial score (nSPS) is 10.9. The van der Waals surface area contributed by atoms with E-state index in [1.54, 1.807) is 25.1 Å². The molecular weight excluding hydrogens is 451 g/mol. The molecule has 33 heavy (non-hydrogen) atoms. The zero-order valence-electron chi connectivity index (χ0n) is 18.2. The Bertz CT molecular complexity index is 1250. The lowest BCUT2D eigenvalue weighted by Crippen LogP contribution is -2.21. The van der Waals surface area contributed by atoms with Gasteiger partial charge in [-0.25, -0.2) is 12.8 Å². The van der Waals surface area contributed by atoms with Crippen LogP contribution in [0.2, 0.25) is 0 Å². The Kier molecular flexibility index (Phi) is 7.39. The van der Waals surface area contributed by atoms with Crippen molar-refractivity contribution in [2.45, 2.75) is 11.8 Å². The smallest absolute Gasteiger partial charge is 0.262 e. The number of methoxy groups -OCH3 is 2. The lowest BCUT2D eigenvalue weighted by Gasteiger charge is -2.14. The molecule has 0 aliphatic heterocycles. The topological polar surface area (TPSA) is 103 Å². The van der Waals surface area contributed by atoms with E-state index in [2.05, 4.69) is 10.0 Å². The van der Waals surface area contributed by atoms with Crippen molar-refractivity contribution >= 4 is 27.3 Å². The summed E-state index contributed by atoms with van der Waals surface area (Å²) in [5, 5.41) is 2.69. The summed E-state index contributed by atoms with van der Waals surface area (Å²) in [7, 11) is -0.889. The molecule has 3 rings (SSSR count). The van der Waals surface area contributed by atoms with E-state index in [1.807, 2.05) is 0 Å². The summed E-state index contributed by atoms with van der Waals surface area (Å²) >= 11 is 0.